The maximum absolute atomic E-state index is 10.9. The van der Waals surface area contributed by atoms with Gasteiger partial charge in [0.25, 0.3) is 0 Å². The summed E-state index contributed by atoms with van der Waals surface area (Å²) in [5.41, 5.74) is 2.51. The van der Waals surface area contributed by atoms with Crippen LogP contribution in [0.1, 0.15) is 20.3 Å². The van der Waals surface area contributed by atoms with Crippen LogP contribution >= 0.6 is 0 Å². The first kappa shape index (κ1) is 11.5. The fourth-order valence-corrected chi connectivity index (χ4v) is 0.677. The largest absolute Gasteiger partial charge is 0.441 e. The minimum Gasteiger partial charge on any atom is -0.441 e. The van der Waals surface area contributed by atoms with E-state index in [-0.39, 0.29) is 6.10 Å². The van der Waals surface area contributed by atoms with E-state index in [9.17, 15) is 9.59 Å². The number of hydrogen-bond donors (Lipinski definition) is 1. The van der Waals surface area contributed by atoms with Crippen LogP contribution in [-0.2, 0) is 9.53 Å². The molecule has 0 radical (unpaired) electrons. The van der Waals surface area contributed by atoms with Gasteiger partial charge in [0, 0.05) is 6.92 Å². The number of amides is 2. The molecule has 0 rings (SSSR count). The molecular weight excluding hydrogens is 170 g/mol. The maximum Gasteiger partial charge on any atom is 0.414 e. The quantitative estimate of drug-likeness (QED) is 0.672. The van der Waals surface area contributed by atoms with Crippen LogP contribution in [0, 0.1) is 0 Å². The standard InChI is InChI=1S/C9H13NO3/c1-4-6-8(5-2)13-9(12)10-7(3)11/h6,8H,1,5H2,2-3H3,(H,10,11,12)/t8-/m1/s1. The number of carbonyl (C=O) groups is 2. The Morgan fingerprint density at radius 3 is 2.69 bits per heavy atom. The molecule has 0 aromatic carbocycles. The molecule has 13 heavy (non-hydrogen) atoms. The third kappa shape index (κ3) is 5.70. The summed E-state index contributed by atoms with van der Waals surface area (Å²) in [6.07, 6.45) is 1.02. The van der Waals surface area contributed by atoms with Crippen molar-refractivity contribution in [1.82, 2.24) is 5.32 Å². The average molecular weight is 183 g/mol. The van der Waals surface area contributed by atoms with E-state index < -0.39 is 12.0 Å². The number of imide groups is 1. The minimum absolute atomic E-state index is 0.378. The Morgan fingerprint density at radius 2 is 2.31 bits per heavy atom. The van der Waals surface area contributed by atoms with Gasteiger partial charge in [-0.05, 0) is 12.5 Å². The Balaban J connectivity index is 4.00. The predicted molar refractivity (Wildman–Crippen MR) is 48.1 cm³/mol. The molecule has 0 aliphatic rings. The number of ether oxygens (including phenoxy) is 1. The van der Waals surface area contributed by atoms with Gasteiger partial charge in [0.1, 0.15) is 6.10 Å². The van der Waals surface area contributed by atoms with Crippen LogP contribution in [0.2, 0.25) is 0 Å². The van der Waals surface area contributed by atoms with Gasteiger partial charge in [0.05, 0.1) is 0 Å². The number of rotatable bonds is 3. The first-order valence-electron chi connectivity index (χ1n) is 3.94. The summed E-state index contributed by atoms with van der Waals surface area (Å²) in [6, 6.07) is 0. The molecule has 0 spiro atoms. The van der Waals surface area contributed by atoms with Crippen molar-refractivity contribution in [2.45, 2.75) is 26.4 Å². The molecule has 0 fully saturated rings. The second kappa shape index (κ2) is 6.03. The van der Waals surface area contributed by atoms with E-state index in [1.165, 1.54) is 13.0 Å². The molecule has 0 unspecified atom stereocenters. The lowest BCUT2D eigenvalue weighted by Gasteiger charge is -2.10. The molecule has 1 N–H and O–H groups in total. The van der Waals surface area contributed by atoms with E-state index in [1.54, 1.807) is 0 Å². The number of alkyl carbamates (subject to hydrolysis) is 1. The van der Waals surface area contributed by atoms with Crippen molar-refractivity contribution in [2.24, 2.45) is 0 Å². The zero-order chi connectivity index (χ0) is 10.3. The van der Waals surface area contributed by atoms with Gasteiger partial charge in [-0.1, -0.05) is 13.5 Å². The van der Waals surface area contributed by atoms with Gasteiger partial charge in [-0.3, -0.25) is 10.1 Å². The summed E-state index contributed by atoms with van der Waals surface area (Å²) in [5, 5.41) is 2.00. The van der Waals surface area contributed by atoms with E-state index >= 15 is 0 Å². The van der Waals surface area contributed by atoms with E-state index in [2.05, 4.69) is 12.3 Å². The van der Waals surface area contributed by atoms with Crippen LogP contribution in [0.25, 0.3) is 0 Å². The molecule has 0 aromatic rings. The molecule has 0 saturated carbocycles. The van der Waals surface area contributed by atoms with Gasteiger partial charge in [-0.2, -0.15) is 0 Å². The van der Waals surface area contributed by atoms with Gasteiger partial charge in [0.2, 0.25) is 5.91 Å². The summed E-state index contributed by atoms with van der Waals surface area (Å²) in [6.45, 7) is 6.45. The number of hydrogen-bond acceptors (Lipinski definition) is 3. The van der Waals surface area contributed by atoms with Crippen LogP contribution in [0.15, 0.2) is 18.4 Å². The first-order chi connectivity index (χ1) is 6.10. The molecule has 0 saturated heterocycles. The van der Waals surface area contributed by atoms with Crippen LogP contribution < -0.4 is 5.32 Å². The Kier molecular flexibility index (Phi) is 5.32. The smallest absolute Gasteiger partial charge is 0.414 e. The van der Waals surface area contributed by atoms with E-state index in [1.807, 2.05) is 12.2 Å². The van der Waals surface area contributed by atoms with Gasteiger partial charge < -0.3 is 4.74 Å². The zero-order valence-corrected chi connectivity index (χ0v) is 7.79. The van der Waals surface area contributed by atoms with Gasteiger partial charge >= 0.3 is 6.09 Å². The minimum atomic E-state index is -0.745. The molecule has 72 valence electrons. The SMILES string of the molecule is C=C=C[C@@H](CC)OC(=O)NC(C)=O. The van der Waals surface area contributed by atoms with Gasteiger partial charge in [-0.25, -0.2) is 4.79 Å². The molecule has 0 aromatic heterocycles. The molecule has 4 heteroatoms. The summed E-state index contributed by atoms with van der Waals surface area (Å²) in [5.74, 6) is -0.442. The third-order valence-corrected chi connectivity index (χ3v) is 1.24. The van der Waals surface area contributed by atoms with E-state index in [0.717, 1.165) is 0 Å². The average Bonchev–Trinajstić information content (AvgIpc) is 2.02. The van der Waals surface area contributed by atoms with Gasteiger partial charge in [-0.15, -0.1) is 5.73 Å². The lowest BCUT2D eigenvalue weighted by molar-refractivity contribution is -0.118. The molecule has 0 aliphatic carbocycles. The van der Waals surface area contributed by atoms with Crippen molar-refractivity contribution in [3.63, 3.8) is 0 Å². The van der Waals surface area contributed by atoms with Crippen LogP contribution in [-0.4, -0.2) is 18.1 Å². The van der Waals surface area contributed by atoms with Crippen LogP contribution in [0.3, 0.4) is 0 Å². The van der Waals surface area contributed by atoms with Crippen molar-refractivity contribution in [3.8, 4) is 0 Å². The number of nitrogens with one attached hydrogen (secondary N) is 1. The Morgan fingerprint density at radius 1 is 1.69 bits per heavy atom. The van der Waals surface area contributed by atoms with Crippen molar-refractivity contribution in [2.75, 3.05) is 0 Å². The third-order valence-electron chi connectivity index (χ3n) is 1.24. The maximum atomic E-state index is 10.9. The summed E-state index contributed by atoms with van der Waals surface area (Å²) >= 11 is 0. The molecule has 1 atom stereocenters. The Bertz CT molecular complexity index is 241. The molecule has 0 heterocycles. The molecule has 0 aliphatic heterocycles. The van der Waals surface area contributed by atoms with Crippen molar-refractivity contribution in [3.05, 3.63) is 18.4 Å². The highest BCUT2D eigenvalue weighted by atomic mass is 16.6. The van der Waals surface area contributed by atoms with Crippen molar-refractivity contribution >= 4 is 12.0 Å². The predicted octanol–water partition coefficient (Wildman–Crippen LogP) is 1.38. The Hall–Kier alpha value is -1.54. The highest BCUT2D eigenvalue weighted by molar-refractivity contribution is 5.90. The highest BCUT2D eigenvalue weighted by Crippen LogP contribution is 1.98. The first-order valence-corrected chi connectivity index (χ1v) is 3.94. The van der Waals surface area contributed by atoms with Crippen molar-refractivity contribution < 1.29 is 14.3 Å². The highest BCUT2D eigenvalue weighted by Gasteiger charge is 2.09. The normalized spacial score (nSPS) is 10.9. The molecule has 2 amide bonds. The fraction of sp³-hybridized carbons (Fsp3) is 0.444. The lowest BCUT2D eigenvalue weighted by Crippen LogP contribution is -2.31. The molecular formula is C9H13NO3. The summed E-state index contributed by atoms with van der Waals surface area (Å²) < 4.78 is 4.82. The Labute approximate surface area is 77.3 Å². The van der Waals surface area contributed by atoms with Crippen LogP contribution in [0.4, 0.5) is 4.79 Å². The lowest BCUT2D eigenvalue weighted by atomic mass is 10.3. The second-order valence-corrected chi connectivity index (χ2v) is 2.40. The molecule has 4 nitrogen and oxygen atoms in total. The topological polar surface area (TPSA) is 55.4 Å². The second-order valence-electron chi connectivity index (χ2n) is 2.40. The molecule has 0 bridgehead atoms. The number of carbonyl (C=O) groups excluding carboxylic acids is 2. The van der Waals surface area contributed by atoms with Crippen LogP contribution in [0.5, 0.6) is 0 Å². The summed E-state index contributed by atoms with van der Waals surface area (Å²) in [4.78, 5) is 21.3. The van der Waals surface area contributed by atoms with Crippen molar-refractivity contribution in [1.29, 1.82) is 0 Å². The van der Waals surface area contributed by atoms with Gasteiger partial charge in [0.15, 0.2) is 0 Å². The van der Waals surface area contributed by atoms with E-state index in [0.29, 0.717) is 6.42 Å². The monoisotopic (exact) mass is 183 g/mol. The zero-order valence-electron chi connectivity index (χ0n) is 7.79. The summed E-state index contributed by atoms with van der Waals surface area (Å²) in [7, 11) is 0. The van der Waals surface area contributed by atoms with E-state index in [4.69, 9.17) is 4.74 Å². The fourth-order valence-electron chi connectivity index (χ4n) is 0.677.